The molecule has 1 rings (SSSR count). The lowest BCUT2D eigenvalue weighted by atomic mass is 11.8. The monoisotopic (exact) mass is 252 g/mol. The highest BCUT2D eigenvalue weighted by molar-refractivity contribution is 9.45. The summed E-state index contributed by atoms with van der Waals surface area (Å²) in [6, 6.07) is 0. The van der Waals surface area contributed by atoms with E-state index in [9.17, 15) is 0 Å². The molecule has 0 unspecified atom stereocenters. The van der Waals surface area contributed by atoms with Crippen molar-refractivity contribution >= 4 is 55.0 Å². The fraction of sp³-hybridized carbons (Fsp3) is 1.00. The van der Waals surface area contributed by atoms with Crippen LogP contribution in [0.1, 0.15) is 0 Å². The summed E-state index contributed by atoms with van der Waals surface area (Å²) in [5.41, 5.74) is 0. The van der Waals surface area contributed by atoms with Crippen LogP contribution in [0.5, 0.6) is 0 Å². The Kier molecular flexibility index (Phi) is 3.35. The topological polar surface area (TPSA) is 18.5 Å². The van der Waals surface area contributed by atoms with E-state index >= 15 is 0 Å². The van der Waals surface area contributed by atoms with E-state index in [1.54, 1.807) is 36.2 Å². The number of hydrogen-bond donors (Lipinski definition) is 0. The molecular formula is C2H6O2P2S4. The smallest absolute Gasteiger partial charge is 0.189 e. The molecule has 0 aliphatic carbocycles. The van der Waals surface area contributed by atoms with Crippen molar-refractivity contribution in [1.29, 1.82) is 0 Å². The fourth-order valence-electron chi connectivity index (χ4n) is 0.384. The average Bonchev–Trinajstić information content (AvgIpc) is 1.85. The molecular weight excluding hydrogens is 246 g/mol. The first-order valence-corrected chi connectivity index (χ1v) is 11.8. The summed E-state index contributed by atoms with van der Waals surface area (Å²) in [6.07, 6.45) is 0. The molecule has 1 aliphatic rings. The van der Waals surface area contributed by atoms with Crippen molar-refractivity contribution in [3.8, 4) is 0 Å². The Morgan fingerprint density at radius 3 is 1.50 bits per heavy atom. The Morgan fingerprint density at radius 2 is 1.30 bits per heavy atom. The van der Waals surface area contributed by atoms with Gasteiger partial charge in [0.1, 0.15) is 0 Å². The second-order valence-corrected chi connectivity index (χ2v) is 21.6. The van der Waals surface area contributed by atoms with Gasteiger partial charge in [-0.05, 0) is 45.6 Å². The van der Waals surface area contributed by atoms with Gasteiger partial charge in [-0.25, -0.2) is 0 Å². The third-order valence-corrected chi connectivity index (χ3v) is 29.2. The number of rotatable bonds is 2. The van der Waals surface area contributed by atoms with Crippen LogP contribution in [0, 0.1) is 0 Å². The van der Waals surface area contributed by atoms with Crippen LogP contribution in [0.4, 0.5) is 0 Å². The Bertz CT molecular complexity index is 191. The molecule has 0 N–H and O–H groups in total. The van der Waals surface area contributed by atoms with Gasteiger partial charge in [0.25, 0.3) is 0 Å². The van der Waals surface area contributed by atoms with Crippen LogP contribution in [0.3, 0.4) is 0 Å². The van der Waals surface area contributed by atoms with Crippen molar-refractivity contribution in [2.45, 2.75) is 0 Å². The predicted octanol–water partition coefficient (Wildman–Crippen LogP) is 3.21. The molecule has 60 valence electrons. The van der Waals surface area contributed by atoms with E-state index < -0.39 is 9.34 Å². The molecule has 0 aromatic heterocycles. The maximum Gasteiger partial charge on any atom is 0.189 e. The van der Waals surface area contributed by atoms with Crippen molar-refractivity contribution in [2.75, 3.05) is 14.2 Å². The first kappa shape index (κ1) is 10.0. The standard InChI is InChI=1S/C2H6O2P2S4/c1-3-5(7)9-6(8,4-2)10-5/h1-2H3. The van der Waals surface area contributed by atoms with Crippen LogP contribution in [0.15, 0.2) is 0 Å². The molecule has 0 aromatic carbocycles. The zero-order chi connectivity index (χ0) is 7.83. The SMILES string of the molecule is COP1(=S)SP(=S)(OC)S1. The van der Waals surface area contributed by atoms with E-state index in [1.807, 2.05) is 0 Å². The summed E-state index contributed by atoms with van der Waals surface area (Å²) in [6.45, 7) is 0. The van der Waals surface area contributed by atoms with E-state index in [0.717, 1.165) is 0 Å². The quantitative estimate of drug-likeness (QED) is 0.697. The minimum atomic E-state index is -1.62. The highest BCUT2D eigenvalue weighted by Gasteiger charge is 2.45. The largest absolute Gasteiger partial charge is 0.337 e. The molecule has 8 heteroatoms. The number of hydrogen-bond acceptors (Lipinski definition) is 6. The van der Waals surface area contributed by atoms with E-state index in [2.05, 4.69) is 0 Å². The lowest BCUT2D eigenvalue weighted by Gasteiger charge is -2.35. The van der Waals surface area contributed by atoms with Crippen LogP contribution in [-0.2, 0) is 32.7 Å². The van der Waals surface area contributed by atoms with Crippen molar-refractivity contribution < 1.29 is 9.05 Å². The molecule has 0 amide bonds. The molecule has 1 fully saturated rings. The average molecular weight is 252 g/mol. The molecule has 0 atom stereocenters. The molecule has 0 bridgehead atoms. The van der Waals surface area contributed by atoms with Crippen LogP contribution in [-0.4, -0.2) is 14.2 Å². The van der Waals surface area contributed by atoms with Gasteiger partial charge in [-0.2, -0.15) is 0 Å². The normalized spacial score (nSPS) is 46.6. The Balaban J connectivity index is 2.59. The van der Waals surface area contributed by atoms with Crippen molar-refractivity contribution in [2.24, 2.45) is 0 Å². The molecule has 0 spiro atoms. The summed E-state index contributed by atoms with van der Waals surface area (Å²) in [7, 11) is 3.27. The summed E-state index contributed by atoms with van der Waals surface area (Å²) >= 11 is 13.4. The van der Waals surface area contributed by atoms with E-state index in [-0.39, 0.29) is 0 Å². The fourth-order valence-corrected chi connectivity index (χ4v) is 35.7. The third-order valence-electron chi connectivity index (χ3n) is 0.847. The first-order valence-electron chi connectivity index (χ1n) is 2.28. The Morgan fingerprint density at radius 1 is 1.00 bits per heavy atom. The van der Waals surface area contributed by atoms with Gasteiger partial charge in [-0.3, -0.25) is 0 Å². The summed E-state index contributed by atoms with van der Waals surface area (Å²) in [5.74, 6) is 0. The second kappa shape index (κ2) is 3.35. The summed E-state index contributed by atoms with van der Waals surface area (Å²) in [4.78, 5) is 0. The van der Waals surface area contributed by atoms with Crippen LogP contribution in [0.25, 0.3) is 0 Å². The third kappa shape index (κ3) is 1.99. The lowest BCUT2D eigenvalue weighted by Crippen LogP contribution is -1.85. The van der Waals surface area contributed by atoms with E-state index in [4.69, 9.17) is 32.7 Å². The second-order valence-electron chi connectivity index (χ2n) is 1.42. The molecule has 1 saturated heterocycles. The van der Waals surface area contributed by atoms with E-state index in [0.29, 0.717) is 0 Å². The Hall–Kier alpha value is 1.92. The molecule has 0 saturated carbocycles. The predicted molar refractivity (Wildman–Crippen MR) is 57.8 cm³/mol. The van der Waals surface area contributed by atoms with E-state index in [1.165, 1.54) is 0 Å². The van der Waals surface area contributed by atoms with Gasteiger partial charge in [-0.15, -0.1) is 0 Å². The van der Waals surface area contributed by atoms with Crippen molar-refractivity contribution in [3.63, 3.8) is 0 Å². The minimum Gasteiger partial charge on any atom is -0.337 e. The molecule has 1 aliphatic heterocycles. The van der Waals surface area contributed by atoms with Gasteiger partial charge in [0.15, 0.2) is 9.34 Å². The molecule has 0 radical (unpaired) electrons. The molecule has 2 nitrogen and oxygen atoms in total. The highest BCUT2D eigenvalue weighted by atomic mass is 33.7. The van der Waals surface area contributed by atoms with Crippen molar-refractivity contribution in [3.05, 3.63) is 0 Å². The molecule has 10 heavy (non-hydrogen) atoms. The lowest BCUT2D eigenvalue weighted by molar-refractivity contribution is 0.474. The van der Waals surface area contributed by atoms with Crippen LogP contribution >= 0.6 is 31.3 Å². The maximum atomic E-state index is 5.14. The van der Waals surface area contributed by atoms with Gasteiger partial charge < -0.3 is 9.05 Å². The van der Waals surface area contributed by atoms with Gasteiger partial charge in [-0.1, -0.05) is 0 Å². The first-order chi connectivity index (χ1) is 4.54. The summed E-state index contributed by atoms with van der Waals surface area (Å²) in [5, 5.41) is 0. The van der Waals surface area contributed by atoms with Gasteiger partial charge >= 0.3 is 0 Å². The highest BCUT2D eigenvalue weighted by Crippen LogP contribution is 3.05. The molecule has 1 heterocycles. The van der Waals surface area contributed by atoms with Gasteiger partial charge in [0, 0.05) is 14.2 Å². The zero-order valence-corrected chi connectivity index (χ0v) is 10.4. The van der Waals surface area contributed by atoms with Crippen LogP contribution in [0.2, 0.25) is 0 Å². The van der Waals surface area contributed by atoms with Gasteiger partial charge in [0.05, 0.1) is 0 Å². The minimum absolute atomic E-state index is 1.55. The molecule has 0 aromatic rings. The van der Waals surface area contributed by atoms with Gasteiger partial charge in [0.2, 0.25) is 0 Å². The Labute approximate surface area is 78.0 Å². The summed E-state index contributed by atoms with van der Waals surface area (Å²) < 4.78 is 6.96. The van der Waals surface area contributed by atoms with Crippen molar-refractivity contribution in [1.82, 2.24) is 0 Å². The van der Waals surface area contributed by atoms with Crippen LogP contribution < -0.4 is 0 Å². The maximum absolute atomic E-state index is 5.14. The zero-order valence-electron chi connectivity index (χ0n) is 5.34.